The van der Waals surface area contributed by atoms with Crippen LogP contribution in [0.3, 0.4) is 0 Å². The van der Waals surface area contributed by atoms with Gasteiger partial charge in [-0.25, -0.2) is 13.8 Å². The number of carbonyl (C=O) groups excluding carboxylic acids is 2. The molecule has 1 N–H and O–H groups in total. The lowest BCUT2D eigenvalue weighted by atomic mass is 10.1. The van der Waals surface area contributed by atoms with Crippen molar-refractivity contribution in [1.82, 2.24) is 15.3 Å². The average Bonchev–Trinajstić information content (AvgIpc) is 2.71. The molecule has 0 radical (unpaired) electrons. The molecule has 168 valence electrons. The number of rotatable bonds is 10. The first-order chi connectivity index (χ1) is 14.5. The zero-order chi connectivity index (χ0) is 23.2. The minimum atomic E-state index is -4.27. The Morgan fingerprint density at radius 3 is 2.52 bits per heavy atom. The van der Waals surface area contributed by atoms with Crippen LogP contribution in [0.25, 0.3) is 0 Å². The van der Waals surface area contributed by atoms with Crippen LogP contribution in [0.2, 0.25) is 0 Å². The maximum absolute atomic E-state index is 12.9. The van der Waals surface area contributed by atoms with Gasteiger partial charge in [-0.1, -0.05) is 13.0 Å². The molecule has 1 unspecified atom stereocenters. The van der Waals surface area contributed by atoms with Crippen molar-refractivity contribution in [3.05, 3.63) is 53.0 Å². The minimum absolute atomic E-state index is 0.0116. The van der Waals surface area contributed by atoms with Gasteiger partial charge >= 0.3 is 12.3 Å². The van der Waals surface area contributed by atoms with Crippen molar-refractivity contribution < 1.29 is 31.9 Å². The van der Waals surface area contributed by atoms with E-state index in [0.29, 0.717) is 28.9 Å². The van der Waals surface area contributed by atoms with E-state index in [1.54, 1.807) is 32.9 Å². The second kappa shape index (κ2) is 10.3. The van der Waals surface area contributed by atoms with E-state index in [9.17, 15) is 27.2 Å². The molecule has 6 nitrogen and oxygen atoms in total. The number of aryl methyl sites for hydroxylation is 1. The van der Waals surface area contributed by atoms with E-state index in [1.807, 2.05) is 0 Å². The average molecular weight is 441 g/mol. The van der Waals surface area contributed by atoms with Crippen LogP contribution in [0.1, 0.15) is 53.6 Å². The van der Waals surface area contributed by atoms with Gasteiger partial charge in [0.15, 0.2) is 6.61 Å². The van der Waals surface area contributed by atoms with Crippen molar-refractivity contribution in [1.29, 1.82) is 0 Å². The predicted molar refractivity (Wildman–Crippen MR) is 105 cm³/mol. The molecule has 0 aliphatic rings. The Bertz CT molecular complexity index is 921. The lowest BCUT2D eigenvalue weighted by molar-refractivity contribution is -0.148. The maximum atomic E-state index is 12.9. The second-order valence-electron chi connectivity index (χ2n) is 7.03. The molecule has 1 atom stereocenters. The molecule has 2 rings (SSSR count). The van der Waals surface area contributed by atoms with Crippen LogP contribution in [0.5, 0.6) is 5.88 Å². The summed E-state index contributed by atoms with van der Waals surface area (Å²) < 4.78 is 54.8. The van der Waals surface area contributed by atoms with E-state index in [2.05, 4.69) is 20.0 Å². The van der Waals surface area contributed by atoms with Crippen molar-refractivity contribution in [3.63, 3.8) is 0 Å². The van der Waals surface area contributed by atoms with Crippen LogP contribution in [0.15, 0.2) is 30.5 Å². The zero-order valence-electron chi connectivity index (χ0n) is 17.3. The molecule has 2 aromatic heterocycles. The molecule has 0 saturated heterocycles. The summed E-state index contributed by atoms with van der Waals surface area (Å²) in [5, 5.41) is 2.77. The van der Waals surface area contributed by atoms with Crippen LogP contribution >= 0.6 is 0 Å². The summed E-state index contributed by atoms with van der Waals surface area (Å²) in [6.07, 6.45) is -2.02. The number of amides is 1. The normalized spacial score (nSPS) is 12.5. The first kappa shape index (κ1) is 24.2. The Kier molecular flexibility index (Phi) is 8.07. The molecule has 0 saturated carbocycles. The topological polar surface area (TPSA) is 81.2 Å². The van der Waals surface area contributed by atoms with E-state index in [0.717, 1.165) is 0 Å². The van der Waals surface area contributed by atoms with Gasteiger partial charge in [0.25, 0.3) is 5.91 Å². The van der Waals surface area contributed by atoms with Gasteiger partial charge < -0.3 is 10.1 Å². The van der Waals surface area contributed by atoms with Crippen molar-refractivity contribution in [2.75, 3.05) is 6.61 Å². The number of alkyl halides is 4. The van der Waals surface area contributed by atoms with E-state index in [4.69, 9.17) is 0 Å². The molecule has 0 aliphatic carbocycles. The number of halogens is 4. The van der Waals surface area contributed by atoms with Crippen molar-refractivity contribution in [3.8, 4) is 5.88 Å². The Balaban J connectivity index is 2.02. The van der Waals surface area contributed by atoms with Crippen molar-refractivity contribution in [2.24, 2.45) is 0 Å². The number of carbonyl (C=O) groups is 2. The fourth-order valence-electron chi connectivity index (χ4n) is 2.62. The van der Waals surface area contributed by atoms with Crippen LogP contribution in [-0.4, -0.2) is 40.6 Å². The fraction of sp³-hybridized carbons (Fsp3) is 0.429. The molecule has 1 amide bonds. The maximum Gasteiger partial charge on any atom is 0.340 e. The lowest BCUT2D eigenvalue weighted by Crippen LogP contribution is -2.33. The quantitative estimate of drug-likeness (QED) is 0.562. The largest absolute Gasteiger partial charge is 0.471 e. The molecule has 0 aromatic carbocycles. The summed E-state index contributed by atoms with van der Waals surface area (Å²) in [6, 6.07) is 5.40. The van der Waals surface area contributed by atoms with E-state index < -0.39 is 25.0 Å². The lowest BCUT2D eigenvalue weighted by Gasteiger charge is -2.17. The highest BCUT2D eigenvalue weighted by Gasteiger charge is 2.41. The highest BCUT2D eigenvalue weighted by atomic mass is 19.3. The standard InChI is InChI=1S/C21H23F4N3O3/c1-4-17(29)9-16-8-15(7-12(2)27-16)19(30)28-13(3)14-5-6-18(26-10-14)31-11-21(24,25)20(22)23/h5-8,10,13,20H,4,9,11H2,1-3H3,(H,28,30). The summed E-state index contributed by atoms with van der Waals surface area (Å²) in [5.41, 5.74) is 2.00. The molecule has 31 heavy (non-hydrogen) atoms. The van der Waals surface area contributed by atoms with E-state index in [1.165, 1.54) is 18.3 Å². The number of nitrogens with zero attached hydrogens (tertiary/aromatic N) is 2. The molecule has 0 fully saturated rings. The third-order valence-electron chi connectivity index (χ3n) is 4.38. The Hall–Kier alpha value is -3.04. The van der Waals surface area contributed by atoms with Crippen LogP contribution in [-0.2, 0) is 11.2 Å². The second-order valence-corrected chi connectivity index (χ2v) is 7.03. The van der Waals surface area contributed by atoms with Crippen molar-refractivity contribution in [2.45, 2.75) is 52.0 Å². The third-order valence-corrected chi connectivity index (χ3v) is 4.38. The number of Topliss-reactive ketones (excluding diaryl/α,β-unsaturated/α-hetero) is 1. The van der Waals surface area contributed by atoms with Crippen LogP contribution in [0, 0.1) is 6.92 Å². The van der Waals surface area contributed by atoms with Gasteiger partial charge in [0, 0.05) is 42.1 Å². The Labute approximate surface area is 177 Å². The monoisotopic (exact) mass is 441 g/mol. The molecule has 2 heterocycles. The molecule has 2 aromatic rings. The number of ketones is 1. The fourth-order valence-corrected chi connectivity index (χ4v) is 2.62. The number of aromatic nitrogens is 2. The molecule has 0 aliphatic heterocycles. The highest BCUT2D eigenvalue weighted by Crippen LogP contribution is 2.24. The Morgan fingerprint density at radius 2 is 1.94 bits per heavy atom. The third kappa shape index (κ3) is 7.01. The first-order valence-electron chi connectivity index (χ1n) is 9.56. The van der Waals surface area contributed by atoms with E-state index >= 15 is 0 Å². The summed E-state index contributed by atoms with van der Waals surface area (Å²) in [4.78, 5) is 32.4. The van der Waals surface area contributed by atoms with Gasteiger partial charge in [-0.05, 0) is 31.5 Å². The summed E-state index contributed by atoms with van der Waals surface area (Å²) >= 11 is 0. The molecular weight excluding hydrogens is 418 g/mol. The van der Waals surface area contributed by atoms with Gasteiger partial charge in [0.2, 0.25) is 5.88 Å². The van der Waals surface area contributed by atoms with Gasteiger partial charge in [0.1, 0.15) is 5.78 Å². The van der Waals surface area contributed by atoms with Gasteiger partial charge in [0.05, 0.1) is 6.04 Å². The zero-order valence-corrected chi connectivity index (χ0v) is 17.3. The Morgan fingerprint density at radius 1 is 1.23 bits per heavy atom. The predicted octanol–water partition coefficient (Wildman–Crippen LogP) is 4.08. The number of nitrogens with one attached hydrogen (secondary N) is 1. The number of pyridine rings is 2. The SMILES string of the molecule is CCC(=O)Cc1cc(C(=O)NC(C)c2ccc(OCC(F)(F)C(F)F)nc2)cc(C)n1. The number of hydrogen-bond donors (Lipinski definition) is 1. The summed E-state index contributed by atoms with van der Waals surface area (Å²) in [5.74, 6) is -4.89. The summed E-state index contributed by atoms with van der Waals surface area (Å²) in [6.45, 7) is 3.67. The van der Waals surface area contributed by atoms with Crippen LogP contribution in [0.4, 0.5) is 17.6 Å². The molecular formula is C21H23F4N3O3. The number of hydrogen-bond acceptors (Lipinski definition) is 5. The first-order valence-corrected chi connectivity index (χ1v) is 9.56. The summed E-state index contributed by atoms with van der Waals surface area (Å²) in [7, 11) is 0. The van der Waals surface area contributed by atoms with Crippen LogP contribution < -0.4 is 10.1 Å². The molecule has 10 heteroatoms. The van der Waals surface area contributed by atoms with Crippen molar-refractivity contribution >= 4 is 11.7 Å². The van der Waals surface area contributed by atoms with Gasteiger partial charge in [-0.2, -0.15) is 8.78 Å². The molecule has 0 spiro atoms. The molecule has 0 bridgehead atoms. The van der Waals surface area contributed by atoms with Gasteiger partial charge in [-0.15, -0.1) is 0 Å². The van der Waals surface area contributed by atoms with Gasteiger partial charge in [-0.3, -0.25) is 14.6 Å². The van der Waals surface area contributed by atoms with E-state index in [-0.39, 0.29) is 24.0 Å². The number of ether oxygens (including phenoxy) is 1. The smallest absolute Gasteiger partial charge is 0.340 e. The minimum Gasteiger partial charge on any atom is -0.471 e. The highest BCUT2D eigenvalue weighted by molar-refractivity contribution is 5.95.